The molecule has 2 fully saturated rings. The highest BCUT2D eigenvalue weighted by molar-refractivity contribution is 6.04. The summed E-state index contributed by atoms with van der Waals surface area (Å²) in [4.78, 5) is 49.1. The van der Waals surface area contributed by atoms with Crippen molar-refractivity contribution in [1.29, 1.82) is 0 Å². The van der Waals surface area contributed by atoms with Gasteiger partial charge in [-0.25, -0.2) is 4.79 Å². The molecule has 8 heteroatoms. The number of imide groups is 1. The lowest BCUT2D eigenvalue weighted by Gasteiger charge is -2.36. The molecule has 21 heavy (non-hydrogen) atoms. The van der Waals surface area contributed by atoms with Crippen LogP contribution < -0.4 is 5.32 Å². The van der Waals surface area contributed by atoms with Crippen molar-refractivity contribution in [3.05, 3.63) is 0 Å². The van der Waals surface area contributed by atoms with E-state index in [9.17, 15) is 19.2 Å². The number of hydrogen-bond donors (Lipinski definition) is 2. The van der Waals surface area contributed by atoms with Gasteiger partial charge in [-0.2, -0.15) is 0 Å². The maximum absolute atomic E-state index is 12.5. The Hall–Kier alpha value is -2.12. The maximum Gasteiger partial charge on any atom is 0.323 e. The van der Waals surface area contributed by atoms with Gasteiger partial charge in [-0.05, 0) is 25.2 Å². The first-order valence-corrected chi connectivity index (χ1v) is 7.03. The quantitative estimate of drug-likeness (QED) is 0.674. The Bertz CT molecular complexity index is 474. The van der Waals surface area contributed by atoms with Gasteiger partial charge in [-0.15, -0.1) is 0 Å². The van der Waals surface area contributed by atoms with Gasteiger partial charge in [0.05, 0.1) is 0 Å². The molecular formula is C13H19N3O5. The van der Waals surface area contributed by atoms with Crippen molar-refractivity contribution in [2.24, 2.45) is 5.92 Å². The summed E-state index contributed by atoms with van der Waals surface area (Å²) in [5.74, 6) is -1.84. The number of nitrogens with one attached hydrogen (secondary N) is 1. The molecule has 1 saturated carbocycles. The van der Waals surface area contributed by atoms with Crippen LogP contribution in [0.15, 0.2) is 0 Å². The Labute approximate surface area is 122 Å². The average Bonchev–Trinajstić information content (AvgIpc) is 3.19. The number of carboxylic acids is 1. The molecule has 2 aliphatic rings. The van der Waals surface area contributed by atoms with Crippen LogP contribution in [0.2, 0.25) is 0 Å². The molecule has 1 unspecified atom stereocenters. The Balaban J connectivity index is 2.13. The molecule has 0 aromatic heterocycles. The molecule has 0 radical (unpaired) electrons. The standard InChI is InChI=1S/C13H19N3O5/c1-2-9-12(20)14-10(17)6-16(9)13(21)15(7-11(18)19)5-8-3-4-8/h8-9H,2-7H2,1H3,(H,18,19)(H,14,17,20). The lowest BCUT2D eigenvalue weighted by Crippen LogP contribution is -2.62. The van der Waals surface area contributed by atoms with E-state index in [1.54, 1.807) is 6.92 Å². The minimum absolute atomic E-state index is 0.218. The Morgan fingerprint density at radius 3 is 2.57 bits per heavy atom. The third kappa shape index (κ3) is 3.71. The molecule has 1 aliphatic heterocycles. The molecule has 0 aromatic rings. The molecule has 2 rings (SSSR count). The highest BCUT2D eigenvalue weighted by Gasteiger charge is 2.39. The molecule has 1 aliphatic carbocycles. The lowest BCUT2D eigenvalue weighted by molar-refractivity contribution is -0.139. The first-order chi connectivity index (χ1) is 9.92. The number of nitrogens with zero attached hydrogens (tertiary/aromatic N) is 2. The van der Waals surface area contributed by atoms with Gasteiger partial charge in [0.15, 0.2) is 0 Å². The van der Waals surface area contributed by atoms with Crippen molar-refractivity contribution in [1.82, 2.24) is 15.1 Å². The lowest BCUT2D eigenvalue weighted by atomic mass is 10.1. The minimum atomic E-state index is -1.11. The molecule has 1 heterocycles. The van der Waals surface area contributed by atoms with Crippen molar-refractivity contribution < 1.29 is 24.3 Å². The molecule has 1 saturated heterocycles. The number of carbonyl (C=O) groups excluding carboxylic acids is 3. The van der Waals surface area contributed by atoms with E-state index < -0.39 is 36.4 Å². The number of piperazine rings is 1. The highest BCUT2D eigenvalue weighted by atomic mass is 16.4. The highest BCUT2D eigenvalue weighted by Crippen LogP contribution is 2.30. The van der Waals surface area contributed by atoms with E-state index in [1.165, 1.54) is 9.80 Å². The second-order valence-electron chi connectivity index (χ2n) is 5.46. The van der Waals surface area contributed by atoms with Gasteiger partial charge in [-0.1, -0.05) is 6.92 Å². The summed E-state index contributed by atoms with van der Waals surface area (Å²) in [5.41, 5.74) is 0. The van der Waals surface area contributed by atoms with E-state index in [-0.39, 0.29) is 6.54 Å². The van der Waals surface area contributed by atoms with Crippen LogP contribution in [0.4, 0.5) is 4.79 Å². The van der Waals surface area contributed by atoms with Gasteiger partial charge < -0.3 is 14.9 Å². The summed E-state index contributed by atoms with van der Waals surface area (Å²) < 4.78 is 0. The first-order valence-electron chi connectivity index (χ1n) is 7.03. The number of urea groups is 1. The van der Waals surface area contributed by atoms with Crippen LogP contribution in [0.3, 0.4) is 0 Å². The molecule has 4 amide bonds. The number of hydrogen-bond acceptors (Lipinski definition) is 4. The van der Waals surface area contributed by atoms with Crippen molar-refractivity contribution >= 4 is 23.8 Å². The van der Waals surface area contributed by atoms with Gasteiger partial charge in [0.25, 0.3) is 0 Å². The summed E-state index contributed by atoms with van der Waals surface area (Å²) >= 11 is 0. The molecule has 0 bridgehead atoms. The maximum atomic E-state index is 12.5. The summed E-state index contributed by atoms with van der Waals surface area (Å²) in [7, 11) is 0. The monoisotopic (exact) mass is 297 g/mol. The topological polar surface area (TPSA) is 107 Å². The molecule has 116 valence electrons. The van der Waals surface area contributed by atoms with Crippen LogP contribution in [0, 0.1) is 5.92 Å². The SMILES string of the molecule is CCC1C(=O)NC(=O)CN1C(=O)N(CC(=O)O)CC1CC1. The summed E-state index contributed by atoms with van der Waals surface area (Å²) in [6, 6.07) is -1.29. The molecule has 1 atom stereocenters. The second kappa shape index (κ2) is 6.11. The predicted octanol–water partition coefficient (Wildman–Crippen LogP) is -0.360. The van der Waals surface area contributed by atoms with E-state index in [4.69, 9.17) is 5.11 Å². The third-order valence-electron chi connectivity index (χ3n) is 3.66. The van der Waals surface area contributed by atoms with E-state index >= 15 is 0 Å². The van der Waals surface area contributed by atoms with Crippen LogP contribution in [-0.2, 0) is 14.4 Å². The summed E-state index contributed by atoms with van der Waals surface area (Å²) in [5, 5.41) is 11.1. The van der Waals surface area contributed by atoms with E-state index in [1.807, 2.05) is 0 Å². The third-order valence-corrected chi connectivity index (χ3v) is 3.66. The largest absolute Gasteiger partial charge is 0.480 e. The fraction of sp³-hybridized carbons (Fsp3) is 0.692. The second-order valence-corrected chi connectivity index (χ2v) is 5.46. The van der Waals surface area contributed by atoms with Gasteiger partial charge in [0.1, 0.15) is 19.1 Å². The van der Waals surface area contributed by atoms with E-state index in [0.29, 0.717) is 18.9 Å². The fourth-order valence-electron chi connectivity index (χ4n) is 2.44. The first kappa shape index (κ1) is 15.3. The Morgan fingerprint density at radius 1 is 1.38 bits per heavy atom. The van der Waals surface area contributed by atoms with Gasteiger partial charge in [0, 0.05) is 6.54 Å². The molecule has 2 N–H and O–H groups in total. The van der Waals surface area contributed by atoms with Gasteiger partial charge >= 0.3 is 12.0 Å². The number of amides is 4. The smallest absolute Gasteiger partial charge is 0.323 e. The van der Waals surface area contributed by atoms with Crippen LogP contribution in [0.1, 0.15) is 26.2 Å². The molecular weight excluding hydrogens is 278 g/mol. The van der Waals surface area contributed by atoms with Crippen molar-refractivity contribution in [2.75, 3.05) is 19.6 Å². The van der Waals surface area contributed by atoms with Crippen molar-refractivity contribution in [3.63, 3.8) is 0 Å². The zero-order valence-electron chi connectivity index (χ0n) is 11.9. The number of rotatable bonds is 5. The summed E-state index contributed by atoms with van der Waals surface area (Å²) in [6.45, 7) is 1.46. The minimum Gasteiger partial charge on any atom is -0.480 e. The normalized spacial score (nSPS) is 22.0. The van der Waals surface area contributed by atoms with E-state index in [0.717, 1.165) is 12.8 Å². The average molecular weight is 297 g/mol. The summed E-state index contributed by atoms with van der Waals surface area (Å²) in [6.07, 6.45) is 2.31. The van der Waals surface area contributed by atoms with Gasteiger partial charge in [-0.3, -0.25) is 19.7 Å². The number of aliphatic carboxylic acids is 1. The fourth-order valence-corrected chi connectivity index (χ4v) is 2.44. The number of carboxylic acid groups (broad SMARTS) is 1. The van der Waals surface area contributed by atoms with Crippen LogP contribution >= 0.6 is 0 Å². The van der Waals surface area contributed by atoms with Crippen LogP contribution in [0.5, 0.6) is 0 Å². The van der Waals surface area contributed by atoms with Gasteiger partial charge in [0.2, 0.25) is 11.8 Å². The van der Waals surface area contributed by atoms with Crippen LogP contribution in [-0.4, -0.2) is 64.4 Å². The van der Waals surface area contributed by atoms with Crippen LogP contribution in [0.25, 0.3) is 0 Å². The predicted molar refractivity (Wildman–Crippen MR) is 71.3 cm³/mol. The number of carbonyl (C=O) groups is 4. The molecule has 0 spiro atoms. The Morgan fingerprint density at radius 2 is 2.05 bits per heavy atom. The van der Waals surface area contributed by atoms with E-state index in [2.05, 4.69) is 5.32 Å². The van der Waals surface area contributed by atoms with Crippen molar-refractivity contribution in [2.45, 2.75) is 32.2 Å². The molecule has 0 aromatic carbocycles. The zero-order valence-corrected chi connectivity index (χ0v) is 11.9. The Kier molecular flexibility index (Phi) is 4.44. The zero-order chi connectivity index (χ0) is 15.6. The molecule has 8 nitrogen and oxygen atoms in total. The van der Waals surface area contributed by atoms with Crippen molar-refractivity contribution in [3.8, 4) is 0 Å².